The lowest BCUT2D eigenvalue weighted by Crippen LogP contribution is -2.39. The minimum absolute atomic E-state index is 0.0524. The summed E-state index contributed by atoms with van der Waals surface area (Å²) in [4.78, 5) is 12.8. The Bertz CT molecular complexity index is 1080. The van der Waals surface area contributed by atoms with Crippen LogP contribution in [0.15, 0.2) is 29.2 Å². The highest BCUT2D eigenvalue weighted by Crippen LogP contribution is 2.29. The summed E-state index contributed by atoms with van der Waals surface area (Å²) in [5.41, 5.74) is 0.235. The molecule has 0 aliphatic heterocycles. The number of benzene rings is 1. The van der Waals surface area contributed by atoms with Gasteiger partial charge in [-0.1, -0.05) is 50.9 Å². The number of carbonyl (C=O) groups is 1. The van der Waals surface area contributed by atoms with Crippen molar-refractivity contribution in [3.8, 4) is 0 Å². The summed E-state index contributed by atoms with van der Waals surface area (Å²) < 4.78 is 29.3. The fourth-order valence-corrected chi connectivity index (χ4v) is 5.26. The Labute approximate surface area is 201 Å². The van der Waals surface area contributed by atoms with E-state index in [-0.39, 0.29) is 39.0 Å². The van der Waals surface area contributed by atoms with Crippen LogP contribution in [0.3, 0.4) is 0 Å². The number of halogens is 2. The Kier molecular flexibility index (Phi) is 8.08. The van der Waals surface area contributed by atoms with Gasteiger partial charge in [0.15, 0.2) is 0 Å². The van der Waals surface area contributed by atoms with Crippen LogP contribution in [-0.4, -0.2) is 41.5 Å². The lowest BCUT2D eigenvalue weighted by Gasteiger charge is -2.24. The van der Waals surface area contributed by atoms with Gasteiger partial charge in [0.2, 0.25) is 15.9 Å². The number of hydrogen-bond acceptors (Lipinski definition) is 4. The zero-order valence-electron chi connectivity index (χ0n) is 19.7. The largest absolute Gasteiger partial charge is 0.310 e. The highest BCUT2D eigenvalue weighted by Gasteiger charge is 2.30. The first kappa shape index (κ1) is 26.6. The zero-order chi connectivity index (χ0) is 24.5. The molecule has 2 aromatic rings. The highest BCUT2D eigenvalue weighted by atomic mass is 35.5. The molecule has 1 amide bonds. The number of rotatable bonds is 7. The topological polar surface area (TPSA) is 84.3 Å². The summed E-state index contributed by atoms with van der Waals surface area (Å²) in [5.74, 6) is 0.0492. The SMILES string of the molecule is CCCN(CC(=O)Nc1cc(C(C)(C)C)nn1C(C)(C)C)S(=O)(=O)c1cc(Cl)ccc1Cl. The minimum atomic E-state index is -4.03. The third kappa shape index (κ3) is 6.25. The van der Waals surface area contributed by atoms with Crippen molar-refractivity contribution in [2.24, 2.45) is 0 Å². The van der Waals surface area contributed by atoms with E-state index in [4.69, 9.17) is 23.2 Å². The van der Waals surface area contributed by atoms with Crippen LogP contribution >= 0.6 is 23.2 Å². The van der Waals surface area contributed by atoms with E-state index in [1.54, 1.807) is 4.68 Å². The molecule has 0 unspecified atom stereocenters. The van der Waals surface area contributed by atoms with Crippen LogP contribution in [0.25, 0.3) is 0 Å². The van der Waals surface area contributed by atoms with Crippen LogP contribution in [0.5, 0.6) is 0 Å². The van der Waals surface area contributed by atoms with E-state index in [1.807, 2.05) is 54.5 Å². The number of amides is 1. The van der Waals surface area contributed by atoms with Gasteiger partial charge in [-0.2, -0.15) is 9.40 Å². The van der Waals surface area contributed by atoms with Gasteiger partial charge < -0.3 is 5.32 Å². The Hall–Kier alpha value is -1.61. The Morgan fingerprint density at radius 2 is 1.75 bits per heavy atom. The smallest absolute Gasteiger partial charge is 0.245 e. The second kappa shape index (κ2) is 9.71. The molecule has 0 fully saturated rings. The molecule has 1 aromatic carbocycles. The molecule has 0 atom stereocenters. The van der Waals surface area contributed by atoms with Crippen molar-refractivity contribution < 1.29 is 13.2 Å². The second-order valence-corrected chi connectivity index (χ2v) is 12.5. The summed E-state index contributed by atoms with van der Waals surface area (Å²) in [5, 5.41) is 7.82. The number of aromatic nitrogens is 2. The maximum absolute atomic E-state index is 13.2. The van der Waals surface area contributed by atoms with E-state index in [2.05, 4.69) is 10.4 Å². The van der Waals surface area contributed by atoms with E-state index in [1.165, 1.54) is 18.2 Å². The minimum Gasteiger partial charge on any atom is -0.310 e. The fraction of sp³-hybridized carbons (Fsp3) is 0.545. The third-order valence-electron chi connectivity index (χ3n) is 4.68. The van der Waals surface area contributed by atoms with E-state index < -0.39 is 15.9 Å². The molecule has 2 rings (SSSR count). The van der Waals surface area contributed by atoms with Crippen molar-refractivity contribution in [2.75, 3.05) is 18.4 Å². The highest BCUT2D eigenvalue weighted by molar-refractivity contribution is 7.89. The van der Waals surface area contributed by atoms with Crippen molar-refractivity contribution in [1.82, 2.24) is 14.1 Å². The molecule has 0 saturated heterocycles. The van der Waals surface area contributed by atoms with Crippen molar-refractivity contribution >= 4 is 45.0 Å². The molecule has 0 aliphatic carbocycles. The molecule has 0 saturated carbocycles. The first-order valence-corrected chi connectivity index (χ1v) is 12.6. The molecule has 32 heavy (non-hydrogen) atoms. The van der Waals surface area contributed by atoms with E-state index in [0.29, 0.717) is 12.2 Å². The van der Waals surface area contributed by atoms with Crippen LogP contribution in [-0.2, 0) is 25.8 Å². The first-order chi connectivity index (χ1) is 14.6. The molecule has 178 valence electrons. The lowest BCUT2D eigenvalue weighted by molar-refractivity contribution is -0.116. The molecular weight excluding hydrogens is 471 g/mol. The van der Waals surface area contributed by atoms with Gasteiger partial charge in [-0.05, 0) is 45.4 Å². The average Bonchev–Trinajstić information content (AvgIpc) is 3.07. The van der Waals surface area contributed by atoms with Crippen molar-refractivity contribution in [1.29, 1.82) is 0 Å². The predicted octanol–water partition coefficient (Wildman–Crippen LogP) is 5.28. The summed E-state index contributed by atoms with van der Waals surface area (Å²) in [6.45, 7) is 13.7. The van der Waals surface area contributed by atoms with E-state index in [0.717, 1.165) is 10.00 Å². The van der Waals surface area contributed by atoms with Crippen molar-refractivity contribution in [2.45, 2.75) is 70.7 Å². The van der Waals surface area contributed by atoms with Gasteiger partial charge in [-0.3, -0.25) is 4.79 Å². The van der Waals surface area contributed by atoms with Crippen molar-refractivity contribution in [3.63, 3.8) is 0 Å². The van der Waals surface area contributed by atoms with Crippen LogP contribution in [0.4, 0.5) is 5.82 Å². The molecule has 0 spiro atoms. The third-order valence-corrected chi connectivity index (χ3v) is 7.25. The fourth-order valence-electron chi connectivity index (χ4n) is 3.04. The number of nitrogens with zero attached hydrogens (tertiary/aromatic N) is 3. The van der Waals surface area contributed by atoms with Gasteiger partial charge in [-0.15, -0.1) is 0 Å². The molecule has 10 heteroatoms. The summed E-state index contributed by atoms with van der Waals surface area (Å²) in [6, 6.07) is 6.07. The number of sulfonamides is 1. The number of carbonyl (C=O) groups excluding carboxylic acids is 1. The van der Waals surface area contributed by atoms with Crippen LogP contribution < -0.4 is 5.32 Å². The van der Waals surface area contributed by atoms with E-state index >= 15 is 0 Å². The van der Waals surface area contributed by atoms with Gasteiger partial charge in [0.25, 0.3) is 0 Å². The molecule has 1 aromatic heterocycles. The average molecular weight is 503 g/mol. The standard InChI is InChI=1S/C22H32Cl2N4O3S/c1-8-11-27(32(30,31)17-12-15(23)9-10-16(17)24)14-20(29)25-19-13-18(21(2,3)4)26-28(19)22(5,6)7/h9-10,12-13H,8,11,14H2,1-7H3,(H,25,29). The summed E-state index contributed by atoms with van der Waals surface area (Å²) in [6.07, 6.45) is 0.527. The van der Waals surface area contributed by atoms with Crippen LogP contribution in [0.1, 0.15) is 60.6 Å². The Morgan fingerprint density at radius 1 is 1.12 bits per heavy atom. The first-order valence-electron chi connectivity index (χ1n) is 10.4. The number of nitrogens with one attached hydrogen (secondary N) is 1. The maximum atomic E-state index is 13.2. The predicted molar refractivity (Wildman–Crippen MR) is 130 cm³/mol. The zero-order valence-corrected chi connectivity index (χ0v) is 22.0. The molecule has 0 aliphatic rings. The van der Waals surface area contributed by atoms with Gasteiger partial charge in [0.05, 0.1) is 22.8 Å². The maximum Gasteiger partial charge on any atom is 0.245 e. The second-order valence-electron chi connectivity index (χ2n) is 9.71. The molecule has 7 nitrogen and oxygen atoms in total. The molecule has 1 N–H and O–H groups in total. The van der Waals surface area contributed by atoms with Crippen molar-refractivity contribution in [3.05, 3.63) is 40.0 Å². The molecular formula is C22H32Cl2N4O3S. The quantitative estimate of drug-likeness (QED) is 0.557. The van der Waals surface area contributed by atoms with Gasteiger partial charge in [0, 0.05) is 23.0 Å². The molecule has 0 radical (unpaired) electrons. The normalized spacial score (nSPS) is 12.9. The van der Waals surface area contributed by atoms with Crippen LogP contribution in [0, 0.1) is 0 Å². The monoisotopic (exact) mass is 502 g/mol. The number of hydrogen-bond donors (Lipinski definition) is 1. The van der Waals surface area contributed by atoms with Gasteiger partial charge >= 0.3 is 0 Å². The Balaban J connectivity index is 2.36. The van der Waals surface area contributed by atoms with Gasteiger partial charge in [0.1, 0.15) is 10.7 Å². The lowest BCUT2D eigenvalue weighted by atomic mass is 9.92. The van der Waals surface area contributed by atoms with Gasteiger partial charge in [-0.25, -0.2) is 13.1 Å². The molecule has 1 heterocycles. The van der Waals surface area contributed by atoms with Crippen LogP contribution in [0.2, 0.25) is 10.0 Å². The molecule has 0 bridgehead atoms. The van der Waals surface area contributed by atoms with E-state index in [9.17, 15) is 13.2 Å². The summed E-state index contributed by atoms with van der Waals surface area (Å²) in [7, 11) is -4.03. The number of anilines is 1. The Morgan fingerprint density at radius 3 is 2.28 bits per heavy atom. The summed E-state index contributed by atoms with van der Waals surface area (Å²) >= 11 is 12.1.